The fraction of sp³-hybridized carbons (Fsp3) is 0. The van der Waals surface area contributed by atoms with Crippen LogP contribution in [0.25, 0.3) is 0 Å². The standard InChI is InChI=1S/C9H3ClINO2/c10-9(14)6-2-1-5(3-12)8(11)7(6)4-13/h1-2,4H. The van der Waals surface area contributed by atoms with E-state index in [4.69, 9.17) is 16.9 Å². The average molecular weight is 319 g/mol. The topological polar surface area (TPSA) is 57.9 Å². The van der Waals surface area contributed by atoms with E-state index in [1.165, 1.54) is 12.1 Å². The molecule has 0 aromatic heterocycles. The molecule has 0 saturated carbocycles. The van der Waals surface area contributed by atoms with Crippen molar-refractivity contribution in [2.45, 2.75) is 0 Å². The number of hydrogen-bond donors (Lipinski definition) is 0. The van der Waals surface area contributed by atoms with Crippen LogP contribution in [-0.4, -0.2) is 11.5 Å². The van der Waals surface area contributed by atoms with E-state index in [1.54, 1.807) is 0 Å². The minimum Gasteiger partial charge on any atom is -0.298 e. The third-order valence-electron chi connectivity index (χ3n) is 1.63. The zero-order valence-electron chi connectivity index (χ0n) is 6.75. The SMILES string of the molecule is N#Cc1ccc(C(=O)Cl)c(C=O)c1I. The molecule has 0 saturated heterocycles. The highest BCUT2D eigenvalue weighted by atomic mass is 127. The maximum atomic E-state index is 10.9. The van der Waals surface area contributed by atoms with Crippen molar-refractivity contribution in [2.24, 2.45) is 0 Å². The molecular formula is C9H3ClINO2. The first-order valence-electron chi connectivity index (χ1n) is 3.49. The predicted molar refractivity (Wildman–Crippen MR) is 59.4 cm³/mol. The number of aldehydes is 1. The molecule has 0 spiro atoms. The van der Waals surface area contributed by atoms with E-state index in [2.05, 4.69) is 0 Å². The summed E-state index contributed by atoms with van der Waals surface area (Å²) in [6.07, 6.45) is 0.526. The highest BCUT2D eigenvalue weighted by Crippen LogP contribution is 2.20. The molecule has 1 aromatic carbocycles. The van der Waals surface area contributed by atoms with Crippen LogP contribution in [0.15, 0.2) is 12.1 Å². The van der Waals surface area contributed by atoms with Crippen molar-refractivity contribution in [3.05, 3.63) is 32.4 Å². The predicted octanol–water partition coefficient (Wildman–Crippen LogP) is 2.35. The van der Waals surface area contributed by atoms with Gasteiger partial charge in [-0.25, -0.2) is 0 Å². The fourth-order valence-electron chi connectivity index (χ4n) is 0.966. The lowest BCUT2D eigenvalue weighted by atomic mass is 10.1. The van der Waals surface area contributed by atoms with Gasteiger partial charge in [-0.3, -0.25) is 9.59 Å². The number of rotatable bonds is 2. The molecule has 0 aliphatic carbocycles. The molecule has 0 heterocycles. The van der Waals surface area contributed by atoms with Gasteiger partial charge in [0.25, 0.3) is 5.24 Å². The minimum absolute atomic E-state index is 0.130. The normalized spacial score (nSPS) is 9.21. The second kappa shape index (κ2) is 4.53. The molecule has 0 aliphatic heterocycles. The third-order valence-corrected chi connectivity index (χ3v) is 3.00. The van der Waals surface area contributed by atoms with Gasteiger partial charge in [0.05, 0.1) is 5.56 Å². The first-order valence-corrected chi connectivity index (χ1v) is 4.95. The third kappa shape index (κ3) is 1.94. The van der Waals surface area contributed by atoms with Crippen LogP contribution in [0.2, 0.25) is 0 Å². The molecule has 0 aliphatic rings. The van der Waals surface area contributed by atoms with E-state index in [1.807, 2.05) is 28.7 Å². The van der Waals surface area contributed by atoms with Gasteiger partial charge >= 0.3 is 0 Å². The van der Waals surface area contributed by atoms with E-state index in [9.17, 15) is 9.59 Å². The first kappa shape index (κ1) is 11.1. The molecule has 14 heavy (non-hydrogen) atoms. The molecular weight excluding hydrogens is 316 g/mol. The van der Waals surface area contributed by atoms with E-state index in [0.29, 0.717) is 15.4 Å². The Hall–Kier alpha value is -0.930. The summed E-state index contributed by atoms with van der Waals surface area (Å²) in [5, 5.41) is 7.98. The molecule has 3 nitrogen and oxygen atoms in total. The molecule has 0 fully saturated rings. The van der Waals surface area contributed by atoms with Crippen molar-refractivity contribution in [2.75, 3.05) is 0 Å². The van der Waals surface area contributed by atoms with Gasteiger partial charge in [0.15, 0.2) is 6.29 Å². The Kier molecular flexibility index (Phi) is 3.61. The Morgan fingerprint density at radius 1 is 1.57 bits per heavy atom. The Morgan fingerprint density at radius 3 is 2.64 bits per heavy atom. The second-order valence-corrected chi connectivity index (χ2v) is 3.81. The van der Waals surface area contributed by atoms with Crippen LogP contribution < -0.4 is 0 Å². The van der Waals surface area contributed by atoms with Crippen molar-refractivity contribution < 1.29 is 9.59 Å². The van der Waals surface area contributed by atoms with E-state index in [0.717, 1.165) is 0 Å². The van der Waals surface area contributed by atoms with Crippen LogP contribution in [0.3, 0.4) is 0 Å². The van der Waals surface area contributed by atoms with Gasteiger partial charge in [0.1, 0.15) is 6.07 Å². The summed E-state index contributed by atoms with van der Waals surface area (Å²) in [5.41, 5.74) is 0.657. The van der Waals surface area contributed by atoms with Crippen LogP contribution in [0, 0.1) is 14.9 Å². The molecule has 1 aromatic rings. The molecule has 70 valence electrons. The zero-order valence-corrected chi connectivity index (χ0v) is 9.67. The summed E-state index contributed by atoms with van der Waals surface area (Å²) >= 11 is 7.11. The molecule has 0 N–H and O–H groups in total. The molecule has 0 amide bonds. The molecule has 1 rings (SSSR count). The number of benzene rings is 1. The quantitative estimate of drug-likeness (QED) is 0.478. The fourth-order valence-corrected chi connectivity index (χ4v) is 1.85. The van der Waals surface area contributed by atoms with Crippen LogP contribution in [0.4, 0.5) is 0 Å². The van der Waals surface area contributed by atoms with Gasteiger partial charge in [-0.05, 0) is 46.3 Å². The second-order valence-electron chi connectivity index (χ2n) is 2.39. The smallest absolute Gasteiger partial charge is 0.253 e. The number of halogens is 2. The summed E-state index contributed by atoms with van der Waals surface area (Å²) in [5.74, 6) is 0. The van der Waals surface area contributed by atoms with Crippen molar-refractivity contribution in [3.8, 4) is 6.07 Å². The highest BCUT2D eigenvalue weighted by molar-refractivity contribution is 14.1. The Balaban J connectivity index is 3.53. The lowest BCUT2D eigenvalue weighted by Gasteiger charge is -2.02. The number of nitriles is 1. The van der Waals surface area contributed by atoms with E-state index < -0.39 is 5.24 Å². The summed E-state index contributed by atoms with van der Waals surface area (Å²) in [6, 6.07) is 4.75. The van der Waals surface area contributed by atoms with Crippen LogP contribution in [0.1, 0.15) is 26.3 Å². The van der Waals surface area contributed by atoms with Crippen LogP contribution in [0.5, 0.6) is 0 Å². The van der Waals surface area contributed by atoms with E-state index in [-0.39, 0.29) is 11.1 Å². The minimum atomic E-state index is -0.700. The molecule has 0 radical (unpaired) electrons. The van der Waals surface area contributed by atoms with Gasteiger partial charge in [0.2, 0.25) is 0 Å². The lowest BCUT2D eigenvalue weighted by molar-refractivity contribution is 0.106. The largest absolute Gasteiger partial charge is 0.298 e. The van der Waals surface area contributed by atoms with Crippen molar-refractivity contribution in [1.29, 1.82) is 5.26 Å². The lowest BCUT2D eigenvalue weighted by Crippen LogP contribution is -2.01. The number of carbonyl (C=O) groups excluding carboxylic acids is 2. The first-order chi connectivity index (χ1) is 6.61. The Morgan fingerprint density at radius 2 is 2.21 bits per heavy atom. The van der Waals surface area contributed by atoms with Gasteiger partial charge in [-0.1, -0.05) is 0 Å². The average Bonchev–Trinajstić information content (AvgIpc) is 2.17. The van der Waals surface area contributed by atoms with Gasteiger partial charge in [-0.2, -0.15) is 5.26 Å². The maximum absolute atomic E-state index is 10.9. The Labute approximate surface area is 98.8 Å². The summed E-state index contributed by atoms with van der Waals surface area (Å²) in [6.45, 7) is 0. The highest BCUT2D eigenvalue weighted by Gasteiger charge is 2.14. The maximum Gasteiger partial charge on any atom is 0.253 e. The summed E-state index contributed by atoms with van der Waals surface area (Å²) < 4.78 is 0.451. The summed E-state index contributed by atoms with van der Waals surface area (Å²) in [7, 11) is 0. The molecule has 5 heteroatoms. The molecule has 0 unspecified atom stereocenters. The van der Waals surface area contributed by atoms with Crippen molar-refractivity contribution >= 4 is 45.7 Å². The molecule has 0 bridgehead atoms. The van der Waals surface area contributed by atoms with Gasteiger partial charge < -0.3 is 0 Å². The number of carbonyl (C=O) groups is 2. The zero-order chi connectivity index (χ0) is 10.7. The van der Waals surface area contributed by atoms with Gasteiger partial charge in [0, 0.05) is 14.7 Å². The monoisotopic (exact) mass is 319 g/mol. The van der Waals surface area contributed by atoms with Crippen molar-refractivity contribution in [1.82, 2.24) is 0 Å². The number of hydrogen-bond acceptors (Lipinski definition) is 3. The number of nitrogens with zero attached hydrogens (tertiary/aromatic N) is 1. The summed E-state index contributed by atoms with van der Waals surface area (Å²) in [4.78, 5) is 21.6. The van der Waals surface area contributed by atoms with Crippen LogP contribution in [-0.2, 0) is 0 Å². The van der Waals surface area contributed by atoms with Gasteiger partial charge in [-0.15, -0.1) is 0 Å². The van der Waals surface area contributed by atoms with Crippen LogP contribution >= 0.6 is 34.2 Å². The Bertz CT molecular complexity index is 451. The van der Waals surface area contributed by atoms with Crippen molar-refractivity contribution in [3.63, 3.8) is 0 Å². The van der Waals surface area contributed by atoms with E-state index >= 15 is 0 Å². The molecule has 0 atom stereocenters.